The first kappa shape index (κ1) is 14.8. The number of anilines is 1. The standard InChI is InChI=1S/C15H17N3O3/c1-10(11-4-6-12(20-2)7-5-11)17-14-9-16-8-13(18-14)15(19)21-3/h4-10H,1-3H3,(H,17,18). The number of benzene rings is 1. The van der Waals surface area contributed by atoms with Gasteiger partial charge in [-0.1, -0.05) is 12.1 Å². The van der Waals surface area contributed by atoms with Crippen LogP contribution in [0.15, 0.2) is 36.7 Å². The molecule has 110 valence electrons. The van der Waals surface area contributed by atoms with Crippen molar-refractivity contribution in [3.8, 4) is 5.75 Å². The zero-order valence-electron chi connectivity index (χ0n) is 12.2. The van der Waals surface area contributed by atoms with Crippen molar-refractivity contribution in [2.24, 2.45) is 0 Å². The quantitative estimate of drug-likeness (QED) is 0.851. The van der Waals surface area contributed by atoms with Crippen LogP contribution in [0.25, 0.3) is 0 Å². The second-order valence-corrected chi connectivity index (χ2v) is 4.42. The molecule has 1 unspecified atom stereocenters. The number of nitrogens with zero attached hydrogens (tertiary/aromatic N) is 2. The van der Waals surface area contributed by atoms with Crippen LogP contribution in [0.1, 0.15) is 29.0 Å². The molecule has 0 spiro atoms. The first-order valence-electron chi connectivity index (χ1n) is 6.45. The fourth-order valence-corrected chi connectivity index (χ4v) is 1.84. The molecule has 1 heterocycles. The molecule has 0 fully saturated rings. The highest BCUT2D eigenvalue weighted by Gasteiger charge is 2.11. The summed E-state index contributed by atoms with van der Waals surface area (Å²) in [5.41, 5.74) is 1.24. The molecule has 0 saturated carbocycles. The van der Waals surface area contributed by atoms with Crippen molar-refractivity contribution in [3.63, 3.8) is 0 Å². The second kappa shape index (κ2) is 6.69. The molecule has 0 aliphatic rings. The Kier molecular flexibility index (Phi) is 4.71. The van der Waals surface area contributed by atoms with E-state index < -0.39 is 5.97 Å². The van der Waals surface area contributed by atoms with Gasteiger partial charge in [0.25, 0.3) is 0 Å². The monoisotopic (exact) mass is 287 g/mol. The average molecular weight is 287 g/mol. The van der Waals surface area contributed by atoms with Crippen molar-refractivity contribution in [2.45, 2.75) is 13.0 Å². The Bertz CT molecular complexity index is 614. The van der Waals surface area contributed by atoms with Crippen LogP contribution in [0.5, 0.6) is 5.75 Å². The lowest BCUT2D eigenvalue weighted by molar-refractivity contribution is 0.0593. The third kappa shape index (κ3) is 3.68. The van der Waals surface area contributed by atoms with Gasteiger partial charge in [-0.05, 0) is 24.6 Å². The van der Waals surface area contributed by atoms with Crippen LogP contribution < -0.4 is 10.1 Å². The van der Waals surface area contributed by atoms with E-state index >= 15 is 0 Å². The fourth-order valence-electron chi connectivity index (χ4n) is 1.84. The molecule has 1 N–H and O–H groups in total. The minimum atomic E-state index is -0.511. The van der Waals surface area contributed by atoms with Crippen LogP contribution >= 0.6 is 0 Å². The molecular weight excluding hydrogens is 270 g/mol. The summed E-state index contributed by atoms with van der Waals surface area (Å²) in [6.45, 7) is 1.99. The molecule has 0 aliphatic carbocycles. The number of methoxy groups -OCH3 is 2. The SMILES string of the molecule is COC(=O)c1cncc(NC(C)c2ccc(OC)cc2)n1. The van der Waals surface area contributed by atoms with Gasteiger partial charge in [0.2, 0.25) is 0 Å². The molecule has 2 rings (SSSR count). The molecule has 1 aromatic heterocycles. The second-order valence-electron chi connectivity index (χ2n) is 4.42. The summed E-state index contributed by atoms with van der Waals surface area (Å²) in [4.78, 5) is 19.6. The van der Waals surface area contributed by atoms with E-state index in [1.165, 1.54) is 13.3 Å². The summed E-state index contributed by atoms with van der Waals surface area (Å²) in [5.74, 6) is 0.808. The highest BCUT2D eigenvalue weighted by Crippen LogP contribution is 2.20. The Hall–Kier alpha value is -2.63. The minimum absolute atomic E-state index is 0.0121. The van der Waals surface area contributed by atoms with Gasteiger partial charge in [-0.2, -0.15) is 0 Å². The van der Waals surface area contributed by atoms with E-state index in [9.17, 15) is 4.79 Å². The number of rotatable bonds is 5. The Labute approximate surface area is 123 Å². The van der Waals surface area contributed by atoms with Gasteiger partial charge < -0.3 is 14.8 Å². The van der Waals surface area contributed by atoms with Gasteiger partial charge >= 0.3 is 5.97 Å². The highest BCUT2D eigenvalue weighted by molar-refractivity contribution is 5.87. The van der Waals surface area contributed by atoms with Crippen LogP contribution in [0.2, 0.25) is 0 Å². The Morgan fingerprint density at radius 1 is 1.19 bits per heavy atom. The van der Waals surface area contributed by atoms with Gasteiger partial charge in [-0.3, -0.25) is 4.98 Å². The summed E-state index contributed by atoms with van der Waals surface area (Å²) in [5, 5.41) is 3.19. The lowest BCUT2D eigenvalue weighted by Gasteiger charge is -2.15. The number of nitrogens with one attached hydrogen (secondary N) is 1. The minimum Gasteiger partial charge on any atom is -0.497 e. The first-order valence-corrected chi connectivity index (χ1v) is 6.45. The predicted octanol–water partition coefficient (Wildman–Crippen LogP) is 2.44. The zero-order valence-corrected chi connectivity index (χ0v) is 12.2. The molecule has 0 aliphatic heterocycles. The average Bonchev–Trinajstić information content (AvgIpc) is 2.54. The number of ether oxygens (including phenoxy) is 2. The summed E-state index contributed by atoms with van der Waals surface area (Å²) >= 11 is 0. The van der Waals surface area contributed by atoms with E-state index in [1.54, 1.807) is 13.3 Å². The van der Waals surface area contributed by atoms with Crippen LogP contribution in [0.4, 0.5) is 5.82 Å². The maximum atomic E-state index is 11.4. The topological polar surface area (TPSA) is 73.3 Å². The van der Waals surface area contributed by atoms with Crippen LogP contribution in [-0.2, 0) is 4.74 Å². The van der Waals surface area contributed by atoms with Crippen LogP contribution in [0.3, 0.4) is 0 Å². The molecule has 0 saturated heterocycles. The highest BCUT2D eigenvalue weighted by atomic mass is 16.5. The van der Waals surface area contributed by atoms with Gasteiger partial charge in [-0.25, -0.2) is 9.78 Å². The molecule has 1 atom stereocenters. The molecule has 6 heteroatoms. The molecule has 0 bridgehead atoms. The first-order chi connectivity index (χ1) is 10.1. The largest absolute Gasteiger partial charge is 0.497 e. The van der Waals surface area contributed by atoms with Crippen molar-refractivity contribution in [1.29, 1.82) is 0 Å². The maximum Gasteiger partial charge on any atom is 0.358 e. The lowest BCUT2D eigenvalue weighted by atomic mass is 10.1. The van der Waals surface area contributed by atoms with E-state index in [1.807, 2.05) is 31.2 Å². The number of aromatic nitrogens is 2. The Morgan fingerprint density at radius 3 is 2.52 bits per heavy atom. The van der Waals surface area contributed by atoms with E-state index in [0.29, 0.717) is 5.82 Å². The summed E-state index contributed by atoms with van der Waals surface area (Å²) in [6, 6.07) is 7.73. The normalized spacial score (nSPS) is 11.6. The van der Waals surface area contributed by atoms with E-state index in [4.69, 9.17) is 4.74 Å². The third-order valence-electron chi connectivity index (χ3n) is 3.01. The Balaban J connectivity index is 2.11. The van der Waals surface area contributed by atoms with Gasteiger partial charge in [-0.15, -0.1) is 0 Å². The zero-order chi connectivity index (χ0) is 15.2. The summed E-state index contributed by atoms with van der Waals surface area (Å²) in [7, 11) is 2.94. The van der Waals surface area contributed by atoms with Gasteiger partial charge in [0.05, 0.1) is 26.6 Å². The smallest absolute Gasteiger partial charge is 0.358 e. The molecule has 0 radical (unpaired) electrons. The third-order valence-corrected chi connectivity index (χ3v) is 3.01. The summed E-state index contributed by atoms with van der Waals surface area (Å²) in [6.07, 6.45) is 2.93. The lowest BCUT2D eigenvalue weighted by Crippen LogP contribution is -2.11. The van der Waals surface area contributed by atoms with Crippen molar-refractivity contribution in [3.05, 3.63) is 47.9 Å². The molecule has 1 aromatic carbocycles. The van der Waals surface area contributed by atoms with Crippen LogP contribution in [-0.4, -0.2) is 30.2 Å². The number of carbonyl (C=O) groups is 1. The van der Waals surface area contributed by atoms with Gasteiger partial charge in [0, 0.05) is 6.04 Å². The molecular formula is C15H17N3O3. The number of esters is 1. The van der Waals surface area contributed by atoms with E-state index in [0.717, 1.165) is 11.3 Å². The molecule has 6 nitrogen and oxygen atoms in total. The molecule has 2 aromatic rings. The maximum absolute atomic E-state index is 11.4. The van der Waals surface area contributed by atoms with Crippen molar-refractivity contribution in [2.75, 3.05) is 19.5 Å². The Morgan fingerprint density at radius 2 is 1.90 bits per heavy atom. The van der Waals surface area contributed by atoms with E-state index in [2.05, 4.69) is 20.0 Å². The van der Waals surface area contributed by atoms with Crippen molar-refractivity contribution < 1.29 is 14.3 Å². The van der Waals surface area contributed by atoms with Crippen molar-refractivity contribution in [1.82, 2.24) is 9.97 Å². The predicted molar refractivity (Wildman–Crippen MR) is 78.4 cm³/mol. The van der Waals surface area contributed by atoms with E-state index in [-0.39, 0.29) is 11.7 Å². The number of hydrogen-bond acceptors (Lipinski definition) is 6. The number of carbonyl (C=O) groups excluding carboxylic acids is 1. The van der Waals surface area contributed by atoms with Gasteiger partial charge in [0.15, 0.2) is 5.69 Å². The van der Waals surface area contributed by atoms with Crippen LogP contribution in [0, 0.1) is 0 Å². The van der Waals surface area contributed by atoms with Gasteiger partial charge in [0.1, 0.15) is 11.6 Å². The fraction of sp³-hybridized carbons (Fsp3) is 0.267. The molecule has 0 amide bonds. The molecule has 21 heavy (non-hydrogen) atoms. The van der Waals surface area contributed by atoms with Crippen molar-refractivity contribution >= 4 is 11.8 Å². The number of hydrogen-bond donors (Lipinski definition) is 1. The summed E-state index contributed by atoms with van der Waals surface area (Å²) < 4.78 is 9.75.